The van der Waals surface area contributed by atoms with Gasteiger partial charge < -0.3 is 10.2 Å². The number of hydrogen-bond donors (Lipinski definition) is 1. The second-order valence-electron chi connectivity index (χ2n) is 5.61. The van der Waals surface area contributed by atoms with Gasteiger partial charge in [-0.05, 0) is 46.4 Å². The number of rotatable bonds is 5. The Morgan fingerprint density at radius 1 is 1.41 bits per heavy atom. The summed E-state index contributed by atoms with van der Waals surface area (Å²) in [6.07, 6.45) is 4.12. The van der Waals surface area contributed by atoms with Crippen molar-refractivity contribution in [2.75, 3.05) is 51.8 Å². The highest BCUT2D eigenvalue weighted by Crippen LogP contribution is 2.19. The summed E-state index contributed by atoms with van der Waals surface area (Å²) in [5.41, 5.74) is 0. The smallest absolute Gasteiger partial charge is 0.0223 e. The Bertz CT molecular complexity index is 217. The molecule has 2 unspecified atom stereocenters. The first-order valence-corrected chi connectivity index (χ1v) is 8.11. The molecular weight excluding hydrogens is 230 g/mol. The summed E-state index contributed by atoms with van der Waals surface area (Å²) in [5, 5.41) is 3.64. The molecular formula is C13H27N3S. The summed E-state index contributed by atoms with van der Waals surface area (Å²) in [5.74, 6) is 2.61. The Morgan fingerprint density at radius 3 is 3.00 bits per heavy atom. The van der Waals surface area contributed by atoms with Gasteiger partial charge in [-0.25, -0.2) is 0 Å². The predicted octanol–water partition coefficient (Wildman–Crippen LogP) is 1.11. The highest BCUT2D eigenvalue weighted by atomic mass is 32.2. The van der Waals surface area contributed by atoms with Crippen LogP contribution in [0.2, 0.25) is 0 Å². The number of nitrogens with one attached hydrogen (secondary N) is 1. The molecule has 17 heavy (non-hydrogen) atoms. The van der Waals surface area contributed by atoms with E-state index in [1.165, 1.54) is 56.9 Å². The molecule has 3 nitrogen and oxygen atoms in total. The monoisotopic (exact) mass is 257 g/mol. The average Bonchev–Trinajstić information content (AvgIpc) is 2.74. The molecule has 100 valence electrons. The zero-order valence-electron chi connectivity index (χ0n) is 11.3. The third-order valence-corrected chi connectivity index (χ3v) is 4.97. The maximum atomic E-state index is 3.64. The lowest BCUT2D eigenvalue weighted by molar-refractivity contribution is 0.200. The molecule has 0 bridgehead atoms. The maximum Gasteiger partial charge on any atom is 0.0223 e. The van der Waals surface area contributed by atoms with Gasteiger partial charge >= 0.3 is 0 Å². The average molecular weight is 257 g/mol. The van der Waals surface area contributed by atoms with E-state index < -0.39 is 0 Å². The van der Waals surface area contributed by atoms with Crippen LogP contribution in [0, 0.1) is 0 Å². The Balaban J connectivity index is 1.69. The van der Waals surface area contributed by atoms with E-state index in [9.17, 15) is 0 Å². The summed E-state index contributed by atoms with van der Waals surface area (Å²) in [6.45, 7) is 5.04. The number of likely N-dealkylation sites (tertiary alicyclic amines) is 1. The first-order valence-electron chi connectivity index (χ1n) is 6.95. The van der Waals surface area contributed by atoms with Crippen LogP contribution < -0.4 is 5.32 Å². The van der Waals surface area contributed by atoms with Crippen molar-refractivity contribution in [1.82, 2.24) is 15.1 Å². The van der Waals surface area contributed by atoms with Gasteiger partial charge in [0.2, 0.25) is 0 Å². The van der Waals surface area contributed by atoms with E-state index in [1.807, 2.05) is 0 Å². The zero-order chi connectivity index (χ0) is 12.1. The molecule has 4 heteroatoms. The summed E-state index contributed by atoms with van der Waals surface area (Å²) in [7, 11) is 4.38. The highest BCUT2D eigenvalue weighted by Gasteiger charge is 2.25. The molecule has 0 aromatic carbocycles. The van der Waals surface area contributed by atoms with Gasteiger partial charge in [0.05, 0.1) is 0 Å². The van der Waals surface area contributed by atoms with Crippen molar-refractivity contribution in [3.63, 3.8) is 0 Å². The minimum Gasteiger partial charge on any atom is -0.312 e. The highest BCUT2D eigenvalue weighted by molar-refractivity contribution is 7.99. The molecule has 2 saturated heterocycles. The quantitative estimate of drug-likeness (QED) is 0.795. The normalized spacial score (nSPS) is 31.2. The summed E-state index contributed by atoms with van der Waals surface area (Å²) in [4.78, 5) is 5.04. The third kappa shape index (κ3) is 4.43. The first kappa shape index (κ1) is 13.7. The van der Waals surface area contributed by atoms with Crippen LogP contribution >= 0.6 is 11.8 Å². The number of hydrogen-bond acceptors (Lipinski definition) is 4. The van der Waals surface area contributed by atoms with Gasteiger partial charge in [-0.15, -0.1) is 0 Å². The lowest BCUT2D eigenvalue weighted by Gasteiger charge is -2.30. The van der Waals surface area contributed by atoms with Gasteiger partial charge in [0, 0.05) is 36.7 Å². The summed E-state index contributed by atoms with van der Waals surface area (Å²) >= 11 is 2.11. The van der Waals surface area contributed by atoms with Gasteiger partial charge in [-0.2, -0.15) is 11.8 Å². The second-order valence-corrected chi connectivity index (χ2v) is 6.76. The van der Waals surface area contributed by atoms with E-state index in [2.05, 4.69) is 41.0 Å². The topological polar surface area (TPSA) is 18.5 Å². The first-order chi connectivity index (χ1) is 8.25. The van der Waals surface area contributed by atoms with Crippen molar-refractivity contribution in [3.05, 3.63) is 0 Å². The lowest BCUT2D eigenvalue weighted by atomic mass is 10.2. The zero-order valence-corrected chi connectivity index (χ0v) is 12.1. The Kier molecular flexibility index (Phi) is 5.60. The van der Waals surface area contributed by atoms with Gasteiger partial charge in [0.1, 0.15) is 0 Å². The van der Waals surface area contributed by atoms with Crippen LogP contribution in [0.15, 0.2) is 0 Å². The van der Waals surface area contributed by atoms with Gasteiger partial charge in [0.25, 0.3) is 0 Å². The molecule has 0 saturated carbocycles. The SMILES string of the molecule is CN(C)CC1CCCN1CCC1CSCCN1. The van der Waals surface area contributed by atoms with E-state index in [4.69, 9.17) is 0 Å². The maximum absolute atomic E-state index is 3.64. The molecule has 2 fully saturated rings. The fourth-order valence-corrected chi connectivity index (χ4v) is 3.94. The van der Waals surface area contributed by atoms with E-state index in [0.717, 1.165) is 12.1 Å². The van der Waals surface area contributed by atoms with E-state index in [0.29, 0.717) is 0 Å². The number of nitrogens with zero attached hydrogens (tertiary/aromatic N) is 2. The fraction of sp³-hybridized carbons (Fsp3) is 1.00. The van der Waals surface area contributed by atoms with Crippen LogP contribution in [0.5, 0.6) is 0 Å². The van der Waals surface area contributed by atoms with Crippen LogP contribution in [0.25, 0.3) is 0 Å². The van der Waals surface area contributed by atoms with Crippen molar-refractivity contribution < 1.29 is 0 Å². The van der Waals surface area contributed by atoms with Crippen molar-refractivity contribution in [1.29, 1.82) is 0 Å². The standard InChI is InChI=1S/C13H27N3S/c1-15(2)10-13-4-3-7-16(13)8-5-12-11-17-9-6-14-12/h12-14H,3-11H2,1-2H3. The van der Waals surface area contributed by atoms with E-state index in [1.54, 1.807) is 0 Å². The van der Waals surface area contributed by atoms with E-state index in [-0.39, 0.29) is 0 Å². The van der Waals surface area contributed by atoms with E-state index >= 15 is 0 Å². The molecule has 0 aromatic heterocycles. The molecule has 2 atom stereocenters. The molecule has 2 aliphatic rings. The fourth-order valence-electron chi connectivity index (χ4n) is 2.94. The third-order valence-electron chi connectivity index (χ3n) is 3.84. The van der Waals surface area contributed by atoms with Crippen LogP contribution in [0.4, 0.5) is 0 Å². The molecule has 0 spiro atoms. The molecule has 2 heterocycles. The van der Waals surface area contributed by atoms with Gasteiger partial charge in [-0.1, -0.05) is 0 Å². The Hall–Kier alpha value is 0.230. The Morgan fingerprint density at radius 2 is 2.29 bits per heavy atom. The molecule has 2 aliphatic heterocycles. The van der Waals surface area contributed by atoms with Crippen molar-refractivity contribution >= 4 is 11.8 Å². The van der Waals surface area contributed by atoms with Crippen molar-refractivity contribution in [3.8, 4) is 0 Å². The lowest BCUT2D eigenvalue weighted by Crippen LogP contribution is -2.43. The van der Waals surface area contributed by atoms with Crippen molar-refractivity contribution in [2.24, 2.45) is 0 Å². The minimum atomic E-state index is 0.759. The van der Waals surface area contributed by atoms with Crippen LogP contribution in [0.3, 0.4) is 0 Å². The Labute approximate surface area is 110 Å². The molecule has 0 aliphatic carbocycles. The van der Waals surface area contributed by atoms with Crippen LogP contribution in [0.1, 0.15) is 19.3 Å². The molecule has 2 rings (SSSR count). The molecule has 0 radical (unpaired) electrons. The summed E-state index contributed by atoms with van der Waals surface area (Å²) < 4.78 is 0. The largest absolute Gasteiger partial charge is 0.312 e. The van der Waals surface area contributed by atoms with Crippen LogP contribution in [-0.4, -0.2) is 73.7 Å². The second kappa shape index (κ2) is 6.98. The van der Waals surface area contributed by atoms with Gasteiger partial charge in [0.15, 0.2) is 0 Å². The van der Waals surface area contributed by atoms with Crippen LogP contribution in [-0.2, 0) is 0 Å². The van der Waals surface area contributed by atoms with Crippen molar-refractivity contribution in [2.45, 2.75) is 31.3 Å². The number of likely N-dealkylation sites (N-methyl/N-ethyl adjacent to an activating group) is 1. The summed E-state index contributed by atoms with van der Waals surface area (Å²) in [6, 6.07) is 1.57. The predicted molar refractivity (Wildman–Crippen MR) is 76.9 cm³/mol. The molecule has 1 N–H and O–H groups in total. The molecule has 0 aromatic rings. The van der Waals surface area contributed by atoms with Gasteiger partial charge in [-0.3, -0.25) is 4.90 Å². The number of thioether (sulfide) groups is 1. The minimum absolute atomic E-state index is 0.759. The molecule has 0 amide bonds.